The molecule has 0 bridgehead atoms. The zero-order valence-electron chi connectivity index (χ0n) is 14.8. The zero-order valence-corrected chi connectivity index (χ0v) is 14.8. The molecule has 4 heteroatoms. The van der Waals surface area contributed by atoms with Crippen LogP contribution in [0, 0.1) is 0 Å². The van der Waals surface area contributed by atoms with Crippen LogP contribution in [0.3, 0.4) is 0 Å². The molecule has 0 spiro atoms. The predicted octanol–water partition coefficient (Wildman–Crippen LogP) is 3.96. The van der Waals surface area contributed by atoms with Crippen molar-refractivity contribution < 1.29 is 9.53 Å². The molecule has 1 aliphatic rings. The Labute approximate surface area is 140 Å². The molecule has 0 fully saturated rings. The Bertz CT molecular complexity index is 522. The number of aryl methyl sites for hydroxylation is 1. The van der Waals surface area contributed by atoms with Crippen molar-refractivity contribution in [3.63, 3.8) is 0 Å². The van der Waals surface area contributed by atoms with Crippen molar-refractivity contribution in [3.8, 4) is 0 Å². The number of fused-ring (bicyclic) bond motifs is 1. The molecule has 0 saturated carbocycles. The van der Waals surface area contributed by atoms with Crippen molar-refractivity contribution in [2.75, 3.05) is 6.54 Å². The van der Waals surface area contributed by atoms with E-state index in [0.29, 0.717) is 12.6 Å². The smallest absolute Gasteiger partial charge is 0.407 e. The van der Waals surface area contributed by atoms with Crippen molar-refractivity contribution in [2.24, 2.45) is 0 Å². The zero-order chi connectivity index (χ0) is 16.9. The van der Waals surface area contributed by atoms with E-state index in [9.17, 15) is 4.79 Å². The van der Waals surface area contributed by atoms with E-state index in [2.05, 4.69) is 41.8 Å². The summed E-state index contributed by atoms with van der Waals surface area (Å²) >= 11 is 0. The van der Waals surface area contributed by atoms with Crippen LogP contribution in [0.15, 0.2) is 24.3 Å². The van der Waals surface area contributed by atoms with Crippen molar-refractivity contribution in [1.29, 1.82) is 0 Å². The van der Waals surface area contributed by atoms with Crippen molar-refractivity contribution in [1.82, 2.24) is 10.6 Å². The van der Waals surface area contributed by atoms with E-state index >= 15 is 0 Å². The standard InChI is InChI=1S/C19H30N2O2/c1-5-15(13-20-18(22)23-19(2,3)4)21-17-12-8-10-14-9-6-7-11-16(14)17/h6-7,9,11,15,17,21H,5,8,10,12-13H2,1-4H3,(H,20,22). The maximum Gasteiger partial charge on any atom is 0.407 e. The average molecular weight is 318 g/mol. The van der Waals surface area contributed by atoms with E-state index < -0.39 is 5.60 Å². The number of hydrogen-bond acceptors (Lipinski definition) is 3. The molecule has 1 aromatic rings. The lowest BCUT2D eigenvalue weighted by atomic mass is 9.87. The molecule has 0 heterocycles. The van der Waals surface area contributed by atoms with E-state index in [1.807, 2.05) is 20.8 Å². The molecule has 1 amide bonds. The lowest BCUT2D eigenvalue weighted by molar-refractivity contribution is 0.0521. The third kappa shape index (κ3) is 5.54. The molecule has 23 heavy (non-hydrogen) atoms. The fraction of sp³-hybridized carbons (Fsp3) is 0.632. The molecule has 2 rings (SSSR count). The first-order valence-corrected chi connectivity index (χ1v) is 8.69. The van der Waals surface area contributed by atoms with Crippen LogP contribution in [-0.2, 0) is 11.2 Å². The molecule has 0 radical (unpaired) electrons. The second-order valence-corrected chi connectivity index (χ2v) is 7.30. The highest BCUT2D eigenvalue weighted by molar-refractivity contribution is 5.67. The molecule has 2 atom stereocenters. The Morgan fingerprint density at radius 3 is 2.78 bits per heavy atom. The Hall–Kier alpha value is -1.55. The summed E-state index contributed by atoms with van der Waals surface area (Å²) in [4.78, 5) is 11.8. The number of carbonyl (C=O) groups is 1. The van der Waals surface area contributed by atoms with E-state index in [1.54, 1.807) is 0 Å². The molecule has 0 saturated heterocycles. The normalized spacial score (nSPS) is 18.9. The van der Waals surface area contributed by atoms with Crippen molar-refractivity contribution in [2.45, 2.75) is 71.1 Å². The first kappa shape index (κ1) is 17.8. The SMILES string of the molecule is CCC(CNC(=O)OC(C)(C)C)NC1CCCc2ccccc21. The highest BCUT2D eigenvalue weighted by Crippen LogP contribution is 2.29. The first-order valence-electron chi connectivity index (χ1n) is 8.69. The van der Waals surface area contributed by atoms with Crippen LogP contribution in [0.2, 0.25) is 0 Å². The summed E-state index contributed by atoms with van der Waals surface area (Å²) in [5, 5.41) is 6.59. The number of amides is 1. The van der Waals surface area contributed by atoms with E-state index in [0.717, 1.165) is 12.8 Å². The highest BCUT2D eigenvalue weighted by Gasteiger charge is 2.23. The summed E-state index contributed by atoms with van der Waals surface area (Å²) in [6.45, 7) is 8.36. The van der Waals surface area contributed by atoms with E-state index in [4.69, 9.17) is 4.74 Å². The molecule has 1 aliphatic carbocycles. The van der Waals surface area contributed by atoms with Gasteiger partial charge in [-0.1, -0.05) is 31.2 Å². The Kier molecular flexibility index (Phi) is 6.05. The number of benzene rings is 1. The fourth-order valence-electron chi connectivity index (χ4n) is 3.05. The van der Waals surface area contributed by atoms with E-state index in [1.165, 1.54) is 24.0 Å². The summed E-state index contributed by atoms with van der Waals surface area (Å²) in [7, 11) is 0. The minimum Gasteiger partial charge on any atom is -0.444 e. The molecule has 0 aromatic heterocycles. The van der Waals surface area contributed by atoms with Gasteiger partial charge in [-0.05, 0) is 57.6 Å². The maximum absolute atomic E-state index is 11.8. The number of ether oxygens (including phenoxy) is 1. The van der Waals surface area contributed by atoms with Crippen LogP contribution >= 0.6 is 0 Å². The molecule has 0 aliphatic heterocycles. The summed E-state index contributed by atoms with van der Waals surface area (Å²) in [6.07, 6.45) is 4.15. The van der Waals surface area contributed by atoms with Gasteiger partial charge in [-0.25, -0.2) is 4.79 Å². The molecule has 2 N–H and O–H groups in total. The average Bonchev–Trinajstić information content (AvgIpc) is 2.50. The largest absolute Gasteiger partial charge is 0.444 e. The van der Waals surface area contributed by atoms with Crippen molar-refractivity contribution >= 4 is 6.09 Å². The predicted molar refractivity (Wildman–Crippen MR) is 93.6 cm³/mol. The van der Waals surface area contributed by atoms with Gasteiger partial charge in [-0.15, -0.1) is 0 Å². The minimum atomic E-state index is -0.457. The van der Waals surface area contributed by atoms with Gasteiger partial charge in [-0.3, -0.25) is 0 Å². The first-order chi connectivity index (χ1) is 10.9. The van der Waals surface area contributed by atoms with Gasteiger partial charge in [0, 0.05) is 18.6 Å². The summed E-state index contributed by atoms with van der Waals surface area (Å²) < 4.78 is 5.30. The van der Waals surface area contributed by atoms with Crippen LogP contribution < -0.4 is 10.6 Å². The molecule has 1 aromatic carbocycles. The fourth-order valence-corrected chi connectivity index (χ4v) is 3.05. The Balaban J connectivity index is 1.89. The molecule has 4 nitrogen and oxygen atoms in total. The topological polar surface area (TPSA) is 50.4 Å². The molecule has 2 unspecified atom stereocenters. The quantitative estimate of drug-likeness (QED) is 0.864. The highest BCUT2D eigenvalue weighted by atomic mass is 16.6. The van der Waals surface area contributed by atoms with Gasteiger partial charge in [0.05, 0.1) is 0 Å². The van der Waals surface area contributed by atoms with Gasteiger partial charge in [0.1, 0.15) is 5.60 Å². The number of hydrogen-bond donors (Lipinski definition) is 2. The van der Waals surface area contributed by atoms with Gasteiger partial charge in [-0.2, -0.15) is 0 Å². The van der Waals surface area contributed by atoms with Gasteiger partial charge in [0.25, 0.3) is 0 Å². The summed E-state index contributed by atoms with van der Waals surface area (Å²) in [5.41, 5.74) is 2.40. The number of carbonyl (C=O) groups excluding carboxylic acids is 1. The number of alkyl carbamates (subject to hydrolysis) is 1. The second-order valence-electron chi connectivity index (χ2n) is 7.30. The molecular weight excluding hydrogens is 288 g/mol. The summed E-state index contributed by atoms with van der Waals surface area (Å²) in [5.74, 6) is 0. The monoisotopic (exact) mass is 318 g/mol. The Morgan fingerprint density at radius 1 is 1.35 bits per heavy atom. The number of rotatable bonds is 5. The second kappa shape index (κ2) is 7.82. The molecular formula is C19H30N2O2. The summed E-state index contributed by atoms with van der Waals surface area (Å²) in [6, 6.07) is 9.30. The Morgan fingerprint density at radius 2 is 2.09 bits per heavy atom. The third-order valence-corrected chi connectivity index (χ3v) is 4.19. The van der Waals surface area contributed by atoms with Crippen molar-refractivity contribution in [3.05, 3.63) is 35.4 Å². The van der Waals surface area contributed by atoms with Crippen LogP contribution in [-0.4, -0.2) is 24.3 Å². The van der Waals surface area contributed by atoms with Gasteiger partial charge in [0.2, 0.25) is 0 Å². The van der Waals surface area contributed by atoms with Crippen LogP contribution in [0.4, 0.5) is 4.79 Å². The van der Waals surface area contributed by atoms with Crippen LogP contribution in [0.1, 0.15) is 64.1 Å². The van der Waals surface area contributed by atoms with Crippen LogP contribution in [0.25, 0.3) is 0 Å². The minimum absolute atomic E-state index is 0.249. The molecule has 128 valence electrons. The van der Waals surface area contributed by atoms with E-state index in [-0.39, 0.29) is 12.1 Å². The van der Waals surface area contributed by atoms with Crippen LogP contribution in [0.5, 0.6) is 0 Å². The van der Waals surface area contributed by atoms with Gasteiger partial charge in [0.15, 0.2) is 0 Å². The third-order valence-electron chi connectivity index (χ3n) is 4.19. The van der Waals surface area contributed by atoms with Gasteiger partial charge >= 0.3 is 6.09 Å². The number of nitrogens with one attached hydrogen (secondary N) is 2. The van der Waals surface area contributed by atoms with Gasteiger partial charge < -0.3 is 15.4 Å². The lowest BCUT2D eigenvalue weighted by Crippen LogP contribution is -2.44. The lowest BCUT2D eigenvalue weighted by Gasteiger charge is -2.30. The maximum atomic E-state index is 11.8.